The zero-order valence-electron chi connectivity index (χ0n) is 11.2. The average Bonchev–Trinajstić information content (AvgIpc) is 2.80. The molecule has 0 saturated carbocycles. The molecule has 7 heteroatoms. The van der Waals surface area contributed by atoms with Gasteiger partial charge in [-0.25, -0.2) is 0 Å². The van der Waals surface area contributed by atoms with Crippen molar-refractivity contribution in [3.8, 4) is 0 Å². The number of alkyl halides is 3. The lowest BCUT2D eigenvalue weighted by Crippen LogP contribution is -2.18. The van der Waals surface area contributed by atoms with Gasteiger partial charge in [-0.2, -0.15) is 13.2 Å². The van der Waals surface area contributed by atoms with Crippen LogP contribution in [0.5, 0.6) is 0 Å². The Morgan fingerprint density at radius 1 is 1.09 bits per heavy atom. The van der Waals surface area contributed by atoms with Crippen LogP contribution in [0, 0.1) is 0 Å². The number of rotatable bonds is 3. The van der Waals surface area contributed by atoms with Crippen molar-refractivity contribution in [3.05, 3.63) is 63.8 Å². The fourth-order valence-corrected chi connectivity index (χ4v) is 3.03. The molecule has 0 bridgehead atoms. The van der Waals surface area contributed by atoms with Crippen molar-refractivity contribution in [1.29, 1.82) is 0 Å². The van der Waals surface area contributed by atoms with Crippen molar-refractivity contribution >= 4 is 27.2 Å². The van der Waals surface area contributed by atoms with Gasteiger partial charge in [0.1, 0.15) is 0 Å². The van der Waals surface area contributed by atoms with Gasteiger partial charge in [-0.05, 0) is 30.3 Å². The van der Waals surface area contributed by atoms with Gasteiger partial charge in [0.25, 0.3) is 0 Å². The molecule has 1 aromatic heterocycles. The van der Waals surface area contributed by atoms with Gasteiger partial charge in [0, 0.05) is 5.69 Å². The number of fused-ring (bicyclic) bond motifs is 1. The summed E-state index contributed by atoms with van der Waals surface area (Å²) in [5.41, 5.74) is 0.356. The summed E-state index contributed by atoms with van der Waals surface area (Å²) in [5, 5.41) is 2.86. The summed E-state index contributed by atoms with van der Waals surface area (Å²) in [4.78, 5) is 11.8. The third kappa shape index (κ3) is 2.85. The lowest BCUT2D eigenvalue weighted by Gasteiger charge is -2.11. The third-order valence-corrected chi connectivity index (χ3v) is 4.17. The van der Waals surface area contributed by atoms with E-state index in [1.54, 1.807) is 6.07 Å². The summed E-state index contributed by atoms with van der Waals surface area (Å²) in [6, 6.07) is 12.2. The van der Waals surface area contributed by atoms with Crippen LogP contribution in [0.2, 0.25) is 0 Å². The summed E-state index contributed by atoms with van der Waals surface area (Å²) in [6.45, 7) is 0.115. The van der Waals surface area contributed by atoms with Gasteiger partial charge in [0.05, 0.1) is 22.4 Å². The molecule has 0 radical (unpaired) electrons. The predicted molar refractivity (Wildman–Crippen MR) is 81.2 cm³/mol. The summed E-state index contributed by atoms with van der Waals surface area (Å²) < 4.78 is 40.4. The van der Waals surface area contributed by atoms with Gasteiger partial charge in [0.2, 0.25) is 0 Å². The molecule has 2 aromatic carbocycles. The molecule has 0 saturated heterocycles. The number of hydrogen-bond acceptors (Lipinski definition) is 3. The highest BCUT2D eigenvalue weighted by Gasteiger charge is 2.30. The first-order valence-electron chi connectivity index (χ1n) is 6.45. The maximum absolute atomic E-state index is 12.7. The van der Waals surface area contributed by atoms with E-state index in [1.807, 2.05) is 18.2 Å². The van der Waals surface area contributed by atoms with Crippen LogP contribution in [-0.4, -0.2) is 4.57 Å². The maximum Gasteiger partial charge on any atom is 0.416 e. The molecule has 3 nitrogen and oxygen atoms in total. The summed E-state index contributed by atoms with van der Waals surface area (Å²) in [6.07, 6.45) is -4.39. The molecule has 3 rings (SSSR count). The molecule has 0 amide bonds. The van der Waals surface area contributed by atoms with E-state index in [9.17, 15) is 18.0 Å². The van der Waals surface area contributed by atoms with Crippen molar-refractivity contribution in [2.45, 2.75) is 12.8 Å². The van der Waals surface area contributed by atoms with Crippen LogP contribution in [0.4, 0.5) is 18.9 Å². The fraction of sp³-hybridized carbons (Fsp3) is 0.133. The minimum absolute atomic E-state index is 0.115. The molecule has 0 fully saturated rings. The topological polar surface area (TPSA) is 34.0 Å². The largest absolute Gasteiger partial charge is 0.416 e. The lowest BCUT2D eigenvalue weighted by molar-refractivity contribution is -0.137. The standard InChI is InChI=1S/C15H11F3N2OS/c16-15(17,18)10-4-3-5-11(8-10)19-9-20-12-6-1-2-7-13(12)22-14(20)21/h1-8,19H,9H2. The SMILES string of the molecule is O=c1sc2ccccc2n1CNc1cccc(C(F)(F)F)c1. The van der Waals surface area contributed by atoms with Gasteiger partial charge < -0.3 is 5.32 Å². The highest BCUT2D eigenvalue weighted by Crippen LogP contribution is 2.30. The predicted octanol–water partition coefficient (Wildman–Crippen LogP) is 4.15. The molecule has 0 aliphatic rings. The van der Waals surface area contributed by atoms with Crippen molar-refractivity contribution < 1.29 is 13.2 Å². The minimum atomic E-state index is -4.39. The Labute approximate surface area is 127 Å². The quantitative estimate of drug-likeness (QED) is 0.785. The van der Waals surface area contributed by atoms with Crippen molar-refractivity contribution in [2.24, 2.45) is 0 Å². The molecule has 114 valence electrons. The Balaban J connectivity index is 1.86. The van der Waals surface area contributed by atoms with E-state index in [2.05, 4.69) is 5.32 Å². The molecule has 0 aliphatic heterocycles. The number of nitrogens with one attached hydrogen (secondary N) is 1. The molecule has 22 heavy (non-hydrogen) atoms. The van der Waals surface area contributed by atoms with E-state index in [4.69, 9.17) is 0 Å². The average molecular weight is 324 g/mol. The third-order valence-electron chi connectivity index (χ3n) is 3.20. The normalized spacial score (nSPS) is 11.8. The highest BCUT2D eigenvalue weighted by atomic mass is 32.1. The van der Waals surface area contributed by atoms with Gasteiger partial charge in [0.15, 0.2) is 0 Å². The maximum atomic E-state index is 12.7. The molecule has 0 atom stereocenters. The number of halogens is 3. The number of benzene rings is 2. The van der Waals surface area contributed by atoms with Gasteiger partial charge in [-0.15, -0.1) is 0 Å². The Morgan fingerprint density at radius 3 is 2.64 bits per heavy atom. The van der Waals surface area contributed by atoms with Crippen LogP contribution in [0.15, 0.2) is 53.3 Å². The number of thiazole rings is 1. The number of hydrogen-bond donors (Lipinski definition) is 1. The van der Waals surface area contributed by atoms with Crippen LogP contribution >= 0.6 is 11.3 Å². The fourth-order valence-electron chi connectivity index (χ4n) is 2.14. The van der Waals surface area contributed by atoms with E-state index < -0.39 is 11.7 Å². The Hall–Kier alpha value is -2.28. The van der Waals surface area contributed by atoms with Gasteiger partial charge in [-0.3, -0.25) is 9.36 Å². The Morgan fingerprint density at radius 2 is 1.86 bits per heavy atom. The second-order valence-corrected chi connectivity index (χ2v) is 5.67. The van der Waals surface area contributed by atoms with E-state index in [0.717, 1.165) is 33.7 Å². The van der Waals surface area contributed by atoms with Crippen LogP contribution in [0.1, 0.15) is 5.56 Å². The first-order chi connectivity index (χ1) is 10.4. The molecule has 1 heterocycles. The molecule has 0 aliphatic carbocycles. The van der Waals surface area contributed by atoms with Crippen LogP contribution < -0.4 is 10.2 Å². The van der Waals surface area contributed by atoms with Crippen LogP contribution in [0.25, 0.3) is 10.2 Å². The summed E-state index contributed by atoms with van der Waals surface area (Å²) in [7, 11) is 0. The Bertz CT molecular complexity index is 867. The van der Waals surface area contributed by atoms with Crippen LogP contribution in [0.3, 0.4) is 0 Å². The second kappa shape index (κ2) is 5.49. The summed E-state index contributed by atoms with van der Waals surface area (Å²) in [5.74, 6) is 0. The van der Waals surface area contributed by atoms with Crippen molar-refractivity contribution in [1.82, 2.24) is 4.57 Å². The number of nitrogens with zero attached hydrogens (tertiary/aromatic N) is 1. The first kappa shape index (κ1) is 14.6. The van der Waals surface area contributed by atoms with E-state index in [-0.39, 0.29) is 11.5 Å². The monoisotopic (exact) mass is 324 g/mol. The van der Waals surface area contributed by atoms with E-state index >= 15 is 0 Å². The van der Waals surface area contributed by atoms with Gasteiger partial charge in [-0.1, -0.05) is 29.5 Å². The molecule has 3 aromatic rings. The molecule has 0 unspecified atom stereocenters. The molecular formula is C15H11F3N2OS. The highest BCUT2D eigenvalue weighted by molar-refractivity contribution is 7.16. The molecular weight excluding hydrogens is 313 g/mol. The van der Waals surface area contributed by atoms with Crippen LogP contribution in [-0.2, 0) is 12.8 Å². The van der Waals surface area contributed by atoms with Gasteiger partial charge >= 0.3 is 11.0 Å². The van der Waals surface area contributed by atoms with E-state index in [1.165, 1.54) is 16.7 Å². The number of anilines is 1. The zero-order chi connectivity index (χ0) is 15.7. The van der Waals surface area contributed by atoms with Crippen molar-refractivity contribution in [2.75, 3.05) is 5.32 Å². The summed E-state index contributed by atoms with van der Waals surface area (Å²) >= 11 is 1.11. The lowest BCUT2D eigenvalue weighted by atomic mass is 10.2. The number of para-hydroxylation sites is 1. The molecule has 0 spiro atoms. The molecule has 1 N–H and O–H groups in total. The smallest absolute Gasteiger partial charge is 0.367 e. The Kier molecular flexibility index (Phi) is 3.66. The van der Waals surface area contributed by atoms with E-state index in [0.29, 0.717) is 5.69 Å². The van der Waals surface area contributed by atoms with Crippen molar-refractivity contribution in [3.63, 3.8) is 0 Å². The zero-order valence-corrected chi connectivity index (χ0v) is 12.0. The first-order valence-corrected chi connectivity index (χ1v) is 7.26. The minimum Gasteiger partial charge on any atom is -0.367 e. The second-order valence-electron chi connectivity index (χ2n) is 4.68. The number of aromatic nitrogens is 1.